The summed E-state index contributed by atoms with van der Waals surface area (Å²) in [6.07, 6.45) is -1.22. The average molecular weight is 272 g/mol. The van der Waals surface area contributed by atoms with Crippen LogP contribution in [0.5, 0.6) is 0 Å². The predicted molar refractivity (Wildman–Crippen MR) is 58.2 cm³/mol. The molecule has 0 heterocycles. The largest absolute Gasteiger partial charge is 0.480 e. The van der Waals surface area contributed by atoms with Crippen LogP contribution in [0, 0.1) is 5.82 Å². The van der Waals surface area contributed by atoms with Crippen molar-refractivity contribution in [1.29, 1.82) is 0 Å². The van der Waals surface area contributed by atoms with Gasteiger partial charge in [-0.1, -0.05) is 12.1 Å². The third kappa shape index (κ3) is 1.54. The first kappa shape index (κ1) is 12.7. The number of sulfone groups is 1. The Hall–Kier alpha value is -1.76. The molecule has 0 spiro atoms. The van der Waals surface area contributed by atoms with Gasteiger partial charge in [-0.3, -0.25) is 9.59 Å². The van der Waals surface area contributed by atoms with Crippen molar-refractivity contribution in [3.63, 3.8) is 0 Å². The number of carbonyl (C=O) groups excluding carboxylic acids is 1. The Kier molecular flexibility index (Phi) is 2.73. The Balaban J connectivity index is 2.59. The lowest BCUT2D eigenvalue weighted by molar-refractivity contribution is -0.147. The van der Waals surface area contributed by atoms with E-state index in [1.807, 2.05) is 0 Å². The van der Waals surface area contributed by atoms with Gasteiger partial charge in [0.15, 0.2) is 14.6 Å². The molecule has 0 amide bonds. The van der Waals surface area contributed by atoms with Crippen LogP contribution in [0.25, 0.3) is 0 Å². The van der Waals surface area contributed by atoms with Crippen LogP contribution in [0.3, 0.4) is 0 Å². The van der Waals surface area contributed by atoms with Crippen molar-refractivity contribution >= 4 is 21.6 Å². The van der Waals surface area contributed by atoms with Gasteiger partial charge in [-0.2, -0.15) is 0 Å². The van der Waals surface area contributed by atoms with Gasteiger partial charge in [0.25, 0.3) is 0 Å². The van der Waals surface area contributed by atoms with Gasteiger partial charge in [0.1, 0.15) is 16.5 Å². The monoisotopic (exact) mass is 272 g/mol. The number of ketones is 1. The van der Waals surface area contributed by atoms with E-state index in [1.165, 1.54) is 12.1 Å². The van der Waals surface area contributed by atoms with Crippen molar-refractivity contribution in [3.05, 3.63) is 30.1 Å². The number of hydrogen-bond acceptors (Lipinski definition) is 4. The second kappa shape index (κ2) is 3.88. The van der Waals surface area contributed by atoms with Crippen molar-refractivity contribution in [3.8, 4) is 0 Å². The molecule has 1 aliphatic carbocycles. The molecule has 5 nitrogen and oxygen atoms in total. The molecule has 7 heteroatoms. The molecule has 0 unspecified atom stereocenters. The fourth-order valence-corrected chi connectivity index (χ4v) is 3.85. The molecule has 0 radical (unpaired) electrons. The fourth-order valence-electron chi connectivity index (χ4n) is 1.91. The number of aliphatic carboxylic acids is 1. The molecule has 1 fully saturated rings. The van der Waals surface area contributed by atoms with E-state index in [4.69, 9.17) is 5.11 Å². The summed E-state index contributed by atoms with van der Waals surface area (Å²) < 4.78 is 35.6. The van der Waals surface area contributed by atoms with Crippen molar-refractivity contribution < 1.29 is 27.5 Å². The highest BCUT2D eigenvalue weighted by Gasteiger charge is 2.61. The molecule has 96 valence electrons. The molecular weight excluding hydrogens is 263 g/mol. The standard InChI is InChI=1S/C11H9FO5S/c12-8-3-1-2-4-9(8)18(16,17)11(10(14)15)5-7(13)6-11/h1-4H,5-6H2,(H,14,15). The maximum absolute atomic E-state index is 13.5. The minimum atomic E-state index is -4.42. The van der Waals surface area contributed by atoms with E-state index in [-0.39, 0.29) is 0 Å². The Morgan fingerprint density at radius 1 is 1.28 bits per heavy atom. The van der Waals surface area contributed by atoms with Crippen LogP contribution in [0.1, 0.15) is 12.8 Å². The molecule has 18 heavy (non-hydrogen) atoms. The third-order valence-electron chi connectivity index (χ3n) is 3.00. The topological polar surface area (TPSA) is 88.5 Å². The molecule has 1 N–H and O–H groups in total. The van der Waals surface area contributed by atoms with Gasteiger partial charge in [0, 0.05) is 12.8 Å². The van der Waals surface area contributed by atoms with Gasteiger partial charge in [0.2, 0.25) is 0 Å². The van der Waals surface area contributed by atoms with Crippen LogP contribution >= 0.6 is 0 Å². The smallest absolute Gasteiger partial charge is 0.326 e. The van der Waals surface area contributed by atoms with Gasteiger partial charge >= 0.3 is 5.97 Å². The molecule has 1 aromatic rings. The van der Waals surface area contributed by atoms with Crippen LogP contribution in [0.2, 0.25) is 0 Å². The summed E-state index contributed by atoms with van der Waals surface area (Å²) in [6.45, 7) is 0. The van der Waals surface area contributed by atoms with Crippen LogP contribution in [-0.4, -0.2) is 30.0 Å². The molecule has 1 saturated carbocycles. The Morgan fingerprint density at radius 2 is 1.83 bits per heavy atom. The highest BCUT2D eigenvalue weighted by atomic mass is 32.2. The molecule has 2 rings (SSSR count). The second-order valence-electron chi connectivity index (χ2n) is 4.13. The van der Waals surface area contributed by atoms with Gasteiger partial charge in [-0.15, -0.1) is 0 Å². The quantitative estimate of drug-likeness (QED) is 0.878. The lowest BCUT2D eigenvalue weighted by Crippen LogP contribution is -2.56. The maximum Gasteiger partial charge on any atom is 0.326 e. The normalized spacial score (nSPS) is 18.2. The molecule has 1 aliphatic rings. The molecule has 0 aromatic heterocycles. The van der Waals surface area contributed by atoms with Crippen LogP contribution in [0.4, 0.5) is 4.39 Å². The number of benzene rings is 1. The summed E-state index contributed by atoms with van der Waals surface area (Å²) in [6, 6.07) is 4.53. The van der Waals surface area contributed by atoms with E-state index < -0.39 is 49.9 Å². The van der Waals surface area contributed by atoms with E-state index in [9.17, 15) is 22.4 Å². The number of carbonyl (C=O) groups is 2. The molecule has 0 atom stereocenters. The number of Topliss-reactive ketones (excluding diaryl/α,β-unsaturated/α-hetero) is 1. The van der Waals surface area contributed by atoms with Crippen molar-refractivity contribution in [2.45, 2.75) is 22.5 Å². The number of carboxylic acid groups (broad SMARTS) is 1. The Bertz CT molecular complexity index is 627. The zero-order valence-electron chi connectivity index (χ0n) is 9.09. The molecular formula is C11H9FO5S. The number of halogens is 1. The zero-order valence-corrected chi connectivity index (χ0v) is 9.91. The third-order valence-corrected chi connectivity index (χ3v) is 5.40. The minimum Gasteiger partial charge on any atom is -0.480 e. The van der Waals surface area contributed by atoms with E-state index >= 15 is 0 Å². The van der Waals surface area contributed by atoms with Gasteiger partial charge < -0.3 is 5.11 Å². The van der Waals surface area contributed by atoms with Crippen LogP contribution in [-0.2, 0) is 19.4 Å². The predicted octanol–water partition coefficient (Wildman–Crippen LogP) is 0.786. The van der Waals surface area contributed by atoms with Crippen LogP contribution in [0.15, 0.2) is 29.2 Å². The summed E-state index contributed by atoms with van der Waals surface area (Å²) in [5.41, 5.74) is 0. The zero-order chi connectivity index (χ0) is 13.6. The van der Waals surface area contributed by atoms with Gasteiger partial charge in [-0.05, 0) is 12.1 Å². The first-order valence-corrected chi connectivity index (χ1v) is 6.54. The Morgan fingerprint density at radius 3 is 2.28 bits per heavy atom. The number of hydrogen-bond donors (Lipinski definition) is 1. The first-order chi connectivity index (χ1) is 8.31. The van der Waals surface area contributed by atoms with E-state index in [1.54, 1.807) is 0 Å². The first-order valence-electron chi connectivity index (χ1n) is 5.05. The summed E-state index contributed by atoms with van der Waals surface area (Å²) in [4.78, 5) is 21.4. The highest BCUT2D eigenvalue weighted by Crippen LogP contribution is 2.41. The SMILES string of the molecule is O=C1CC(C(=O)O)(S(=O)(=O)c2ccccc2F)C1. The molecule has 0 bridgehead atoms. The van der Waals surface area contributed by atoms with Crippen LogP contribution < -0.4 is 0 Å². The Labute approximate surface area is 102 Å². The number of rotatable bonds is 3. The molecule has 1 aromatic carbocycles. The van der Waals surface area contributed by atoms with E-state index in [0.717, 1.165) is 12.1 Å². The second-order valence-corrected chi connectivity index (χ2v) is 6.35. The number of carboxylic acids is 1. The minimum absolute atomic E-state index is 0.461. The van der Waals surface area contributed by atoms with E-state index in [2.05, 4.69) is 0 Å². The summed E-state index contributed by atoms with van der Waals surface area (Å²) in [5.74, 6) is -3.10. The van der Waals surface area contributed by atoms with Gasteiger partial charge in [0.05, 0.1) is 0 Å². The van der Waals surface area contributed by atoms with E-state index in [0.29, 0.717) is 0 Å². The van der Waals surface area contributed by atoms with Crippen molar-refractivity contribution in [2.24, 2.45) is 0 Å². The average Bonchev–Trinajstić information content (AvgIpc) is 2.24. The lowest BCUT2D eigenvalue weighted by atomic mass is 9.83. The maximum atomic E-state index is 13.5. The summed E-state index contributed by atoms with van der Waals surface area (Å²) in [7, 11) is -4.42. The molecule has 0 aliphatic heterocycles. The summed E-state index contributed by atoms with van der Waals surface area (Å²) in [5, 5.41) is 9.04. The molecule has 0 saturated heterocycles. The highest BCUT2D eigenvalue weighted by molar-refractivity contribution is 7.93. The summed E-state index contributed by atoms with van der Waals surface area (Å²) >= 11 is 0. The van der Waals surface area contributed by atoms with Gasteiger partial charge in [-0.25, -0.2) is 12.8 Å². The lowest BCUT2D eigenvalue weighted by Gasteiger charge is -2.35. The van der Waals surface area contributed by atoms with Crippen molar-refractivity contribution in [1.82, 2.24) is 0 Å². The fraction of sp³-hybridized carbons (Fsp3) is 0.273. The van der Waals surface area contributed by atoms with Crippen molar-refractivity contribution in [2.75, 3.05) is 0 Å².